The number of amides is 2. The molecule has 2 aliphatic carbocycles. The molecule has 2 amide bonds. The SMILES string of the molecule is COc1ccc(CN(C(=O)C2CCN(C(=O)C3CC3)CC2)C(C)C2CC2)cc1. The lowest BCUT2D eigenvalue weighted by atomic mass is 9.93. The molecule has 28 heavy (non-hydrogen) atoms. The maximum atomic E-state index is 13.4. The van der Waals surface area contributed by atoms with Crippen LogP contribution in [0, 0.1) is 17.8 Å². The molecule has 4 rings (SSSR count). The molecule has 1 aliphatic heterocycles. The van der Waals surface area contributed by atoms with Gasteiger partial charge in [0, 0.05) is 37.5 Å². The first-order chi connectivity index (χ1) is 13.6. The molecule has 2 saturated carbocycles. The number of carbonyl (C=O) groups is 2. The summed E-state index contributed by atoms with van der Waals surface area (Å²) in [7, 11) is 1.67. The van der Waals surface area contributed by atoms with Gasteiger partial charge in [0.05, 0.1) is 7.11 Å². The highest BCUT2D eigenvalue weighted by Gasteiger charge is 2.39. The van der Waals surface area contributed by atoms with Crippen LogP contribution in [0.5, 0.6) is 5.75 Å². The summed E-state index contributed by atoms with van der Waals surface area (Å²) >= 11 is 0. The van der Waals surface area contributed by atoms with Crippen molar-refractivity contribution in [3.05, 3.63) is 29.8 Å². The van der Waals surface area contributed by atoms with Crippen molar-refractivity contribution in [1.82, 2.24) is 9.80 Å². The second-order valence-electron chi connectivity index (χ2n) is 8.77. The van der Waals surface area contributed by atoms with Crippen LogP contribution in [0.4, 0.5) is 0 Å². The van der Waals surface area contributed by atoms with Crippen LogP contribution in [0.3, 0.4) is 0 Å². The monoisotopic (exact) mass is 384 g/mol. The van der Waals surface area contributed by atoms with Gasteiger partial charge in [-0.2, -0.15) is 0 Å². The smallest absolute Gasteiger partial charge is 0.226 e. The Morgan fingerprint density at radius 3 is 2.21 bits per heavy atom. The molecule has 0 N–H and O–H groups in total. The summed E-state index contributed by atoms with van der Waals surface area (Å²) in [6.07, 6.45) is 6.14. The lowest BCUT2D eigenvalue weighted by molar-refractivity contribution is -0.143. The van der Waals surface area contributed by atoms with Crippen molar-refractivity contribution >= 4 is 11.8 Å². The number of carbonyl (C=O) groups excluding carboxylic acids is 2. The zero-order valence-corrected chi connectivity index (χ0v) is 17.1. The Labute approximate surface area is 168 Å². The molecule has 3 fully saturated rings. The van der Waals surface area contributed by atoms with Gasteiger partial charge in [-0.15, -0.1) is 0 Å². The minimum atomic E-state index is 0.0442. The van der Waals surface area contributed by atoms with Crippen molar-refractivity contribution < 1.29 is 14.3 Å². The average Bonchev–Trinajstić information content (AvgIpc) is 3.63. The van der Waals surface area contributed by atoms with E-state index >= 15 is 0 Å². The Bertz CT molecular complexity index is 701. The quantitative estimate of drug-likeness (QED) is 0.723. The molecule has 0 spiro atoms. The van der Waals surface area contributed by atoms with Gasteiger partial charge in [0.1, 0.15) is 5.75 Å². The number of hydrogen-bond donors (Lipinski definition) is 0. The van der Waals surface area contributed by atoms with Gasteiger partial charge < -0.3 is 14.5 Å². The molecule has 0 bridgehead atoms. The van der Waals surface area contributed by atoms with Crippen molar-refractivity contribution in [2.75, 3.05) is 20.2 Å². The molecule has 5 nitrogen and oxygen atoms in total. The predicted molar refractivity (Wildman–Crippen MR) is 108 cm³/mol. The Balaban J connectivity index is 1.40. The van der Waals surface area contributed by atoms with Crippen LogP contribution in [-0.4, -0.2) is 47.9 Å². The topological polar surface area (TPSA) is 49.9 Å². The normalized spacial score (nSPS) is 21.3. The standard InChI is InChI=1S/C23H32N2O3/c1-16(18-5-6-18)25(15-17-3-9-21(28-2)10-4-17)23(27)20-11-13-24(14-12-20)22(26)19-7-8-19/h3-4,9-10,16,18-20H,5-8,11-15H2,1-2H3. The Kier molecular flexibility index (Phi) is 5.61. The first-order valence-corrected chi connectivity index (χ1v) is 10.8. The second kappa shape index (κ2) is 8.14. The molecule has 3 aliphatic rings. The fourth-order valence-corrected chi connectivity index (χ4v) is 4.35. The van der Waals surface area contributed by atoms with E-state index in [0.29, 0.717) is 18.4 Å². The van der Waals surface area contributed by atoms with Crippen LogP contribution in [0.15, 0.2) is 24.3 Å². The summed E-state index contributed by atoms with van der Waals surface area (Å²) in [5, 5.41) is 0. The van der Waals surface area contributed by atoms with Crippen LogP contribution in [0.1, 0.15) is 51.0 Å². The highest BCUT2D eigenvalue weighted by Crippen LogP contribution is 2.37. The molecule has 1 aromatic carbocycles. The summed E-state index contributed by atoms with van der Waals surface area (Å²) < 4.78 is 5.25. The third-order valence-electron chi connectivity index (χ3n) is 6.67. The first-order valence-electron chi connectivity index (χ1n) is 10.8. The summed E-state index contributed by atoms with van der Waals surface area (Å²) in [4.78, 5) is 29.8. The van der Waals surface area contributed by atoms with Gasteiger partial charge in [-0.3, -0.25) is 9.59 Å². The van der Waals surface area contributed by atoms with Crippen LogP contribution in [0.2, 0.25) is 0 Å². The van der Waals surface area contributed by atoms with E-state index < -0.39 is 0 Å². The molecule has 1 saturated heterocycles. The summed E-state index contributed by atoms with van der Waals surface area (Å²) in [5.41, 5.74) is 1.14. The molecule has 1 aromatic rings. The van der Waals surface area contributed by atoms with E-state index in [2.05, 4.69) is 24.0 Å². The Hall–Kier alpha value is -2.04. The molecular weight excluding hydrogens is 352 g/mol. The second-order valence-corrected chi connectivity index (χ2v) is 8.77. The average molecular weight is 385 g/mol. The molecule has 1 atom stereocenters. The lowest BCUT2D eigenvalue weighted by Gasteiger charge is -2.37. The largest absolute Gasteiger partial charge is 0.497 e. The van der Waals surface area contributed by atoms with Gasteiger partial charge in [-0.05, 0) is 69.1 Å². The number of piperidine rings is 1. The van der Waals surface area contributed by atoms with Crippen LogP contribution in [-0.2, 0) is 16.1 Å². The summed E-state index contributed by atoms with van der Waals surface area (Å²) in [6, 6.07) is 8.30. The van der Waals surface area contributed by atoms with E-state index in [0.717, 1.165) is 50.1 Å². The third kappa shape index (κ3) is 4.34. The summed E-state index contributed by atoms with van der Waals surface area (Å²) in [5.74, 6) is 2.38. The molecule has 1 unspecified atom stereocenters. The van der Waals surface area contributed by atoms with E-state index in [9.17, 15) is 9.59 Å². The molecule has 1 heterocycles. The third-order valence-corrected chi connectivity index (χ3v) is 6.67. The molecule has 0 radical (unpaired) electrons. The molecule has 152 valence electrons. The van der Waals surface area contributed by atoms with Crippen LogP contribution in [0.25, 0.3) is 0 Å². The number of hydrogen-bond acceptors (Lipinski definition) is 3. The van der Waals surface area contributed by atoms with Gasteiger partial charge in [-0.1, -0.05) is 12.1 Å². The van der Waals surface area contributed by atoms with Crippen LogP contribution < -0.4 is 4.74 Å². The zero-order chi connectivity index (χ0) is 19.7. The Morgan fingerprint density at radius 2 is 1.68 bits per heavy atom. The molecular formula is C23H32N2O3. The highest BCUT2D eigenvalue weighted by molar-refractivity contribution is 5.82. The van der Waals surface area contributed by atoms with E-state index in [1.165, 1.54) is 12.8 Å². The number of nitrogens with zero attached hydrogens (tertiary/aromatic N) is 2. The highest BCUT2D eigenvalue weighted by atomic mass is 16.5. The van der Waals surface area contributed by atoms with Crippen molar-refractivity contribution in [2.45, 2.75) is 58.0 Å². The maximum absolute atomic E-state index is 13.4. The van der Waals surface area contributed by atoms with E-state index in [1.807, 2.05) is 17.0 Å². The van der Waals surface area contributed by atoms with Gasteiger partial charge >= 0.3 is 0 Å². The molecule has 5 heteroatoms. The minimum Gasteiger partial charge on any atom is -0.497 e. The fraction of sp³-hybridized carbons (Fsp3) is 0.652. The maximum Gasteiger partial charge on any atom is 0.226 e. The predicted octanol–water partition coefficient (Wildman–Crippen LogP) is 3.47. The fourth-order valence-electron chi connectivity index (χ4n) is 4.35. The van der Waals surface area contributed by atoms with Gasteiger partial charge in [0.25, 0.3) is 0 Å². The minimum absolute atomic E-state index is 0.0442. The zero-order valence-electron chi connectivity index (χ0n) is 17.1. The van der Waals surface area contributed by atoms with Gasteiger partial charge in [0.15, 0.2) is 0 Å². The van der Waals surface area contributed by atoms with Crippen molar-refractivity contribution in [2.24, 2.45) is 17.8 Å². The first kappa shape index (κ1) is 19.3. The lowest BCUT2D eigenvalue weighted by Crippen LogP contribution is -2.47. The van der Waals surface area contributed by atoms with E-state index in [1.54, 1.807) is 7.11 Å². The van der Waals surface area contributed by atoms with Crippen LogP contribution >= 0.6 is 0 Å². The number of rotatable bonds is 7. The number of methoxy groups -OCH3 is 1. The molecule has 0 aromatic heterocycles. The van der Waals surface area contributed by atoms with E-state index in [4.69, 9.17) is 4.74 Å². The van der Waals surface area contributed by atoms with Gasteiger partial charge in [0.2, 0.25) is 11.8 Å². The summed E-state index contributed by atoms with van der Waals surface area (Å²) in [6.45, 7) is 4.33. The Morgan fingerprint density at radius 1 is 1.04 bits per heavy atom. The van der Waals surface area contributed by atoms with Crippen molar-refractivity contribution in [3.63, 3.8) is 0 Å². The number of likely N-dealkylation sites (tertiary alicyclic amines) is 1. The number of ether oxygens (including phenoxy) is 1. The van der Waals surface area contributed by atoms with Crippen molar-refractivity contribution in [3.8, 4) is 5.75 Å². The van der Waals surface area contributed by atoms with Crippen molar-refractivity contribution in [1.29, 1.82) is 0 Å². The van der Waals surface area contributed by atoms with Gasteiger partial charge in [-0.25, -0.2) is 0 Å². The number of benzene rings is 1. The van der Waals surface area contributed by atoms with E-state index in [-0.39, 0.29) is 23.8 Å².